The quantitative estimate of drug-likeness (QED) is 0.849. The highest BCUT2D eigenvalue weighted by molar-refractivity contribution is 6.30. The number of rotatable bonds is 3. The summed E-state index contributed by atoms with van der Waals surface area (Å²) in [5.74, 6) is 0.282. The zero-order valence-electron chi connectivity index (χ0n) is 11.7. The van der Waals surface area contributed by atoms with E-state index in [1.165, 1.54) is 5.56 Å². The second-order valence-electron chi connectivity index (χ2n) is 5.10. The normalized spacial score (nSPS) is 15.7. The number of hydrogen-bond donors (Lipinski definition) is 0. The highest BCUT2D eigenvalue weighted by Gasteiger charge is 2.20. The number of nitrogens with zero attached hydrogens (tertiary/aromatic N) is 2. The summed E-state index contributed by atoms with van der Waals surface area (Å²) in [6.07, 6.45) is 1.59. The van der Waals surface area contributed by atoms with Gasteiger partial charge in [0.2, 0.25) is 5.91 Å². The zero-order valence-corrected chi connectivity index (χ0v) is 12.4. The number of anilines is 1. The van der Waals surface area contributed by atoms with Crippen LogP contribution in [0.5, 0.6) is 0 Å². The Labute approximate surface area is 120 Å². The first-order valence-corrected chi connectivity index (χ1v) is 7.28. The second-order valence-corrected chi connectivity index (χ2v) is 5.54. The lowest BCUT2D eigenvalue weighted by molar-refractivity contribution is -0.131. The molecular formula is C15H21ClN2O. The van der Waals surface area contributed by atoms with Gasteiger partial charge in [0.05, 0.1) is 0 Å². The van der Waals surface area contributed by atoms with Crippen LogP contribution in [0.15, 0.2) is 18.2 Å². The molecule has 0 N–H and O–H groups in total. The van der Waals surface area contributed by atoms with Gasteiger partial charge in [-0.3, -0.25) is 4.79 Å². The van der Waals surface area contributed by atoms with Gasteiger partial charge in [0, 0.05) is 43.3 Å². The number of carbonyl (C=O) groups is 1. The molecule has 0 aliphatic carbocycles. The molecule has 1 saturated heterocycles. The molecule has 19 heavy (non-hydrogen) atoms. The molecule has 1 amide bonds. The van der Waals surface area contributed by atoms with Crippen LogP contribution < -0.4 is 4.90 Å². The molecule has 1 aromatic rings. The molecule has 0 bridgehead atoms. The maximum atomic E-state index is 11.8. The molecule has 0 unspecified atom stereocenters. The van der Waals surface area contributed by atoms with Gasteiger partial charge < -0.3 is 9.80 Å². The smallest absolute Gasteiger partial charge is 0.222 e. The first kappa shape index (κ1) is 14.2. The van der Waals surface area contributed by atoms with E-state index in [0.29, 0.717) is 6.42 Å². The van der Waals surface area contributed by atoms with Gasteiger partial charge in [-0.1, -0.05) is 18.5 Å². The predicted octanol–water partition coefficient (Wildman–Crippen LogP) is 3.10. The molecule has 1 heterocycles. The molecule has 1 aliphatic rings. The molecule has 0 radical (unpaired) electrons. The van der Waals surface area contributed by atoms with Crippen molar-refractivity contribution in [1.82, 2.24) is 4.90 Å². The molecule has 1 aromatic carbocycles. The van der Waals surface area contributed by atoms with Crippen LogP contribution in [0.25, 0.3) is 0 Å². The van der Waals surface area contributed by atoms with Crippen molar-refractivity contribution in [2.45, 2.75) is 26.7 Å². The summed E-state index contributed by atoms with van der Waals surface area (Å²) in [6.45, 7) is 7.48. The van der Waals surface area contributed by atoms with Gasteiger partial charge in [0.15, 0.2) is 0 Å². The molecule has 1 aliphatic heterocycles. The van der Waals surface area contributed by atoms with Gasteiger partial charge in [0.1, 0.15) is 0 Å². The number of hydrogen-bond acceptors (Lipinski definition) is 2. The molecule has 0 spiro atoms. The number of halogens is 1. The Morgan fingerprint density at radius 1 is 1.21 bits per heavy atom. The minimum Gasteiger partial charge on any atom is -0.368 e. The van der Waals surface area contributed by atoms with Crippen LogP contribution in [0.3, 0.4) is 0 Å². The minimum absolute atomic E-state index is 0.282. The van der Waals surface area contributed by atoms with E-state index < -0.39 is 0 Å². The summed E-state index contributed by atoms with van der Waals surface area (Å²) in [5, 5.41) is 0.777. The number of piperazine rings is 1. The average Bonchev–Trinajstić information content (AvgIpc) is 2.38. The van der Waals surface area contributed by atoms with E-state index in [2.05, 4.69) is 17.9 Å². The molecule has 0 atom stereocenters. The molecule has 1 fully saturated rings. The van der Waals surface area contributed by atoms with E-state index in [4.69, 9.17) is 11.6 Å². The Bertz CT molecular complexity index is 433. The monoisotopic (exact) mass is 280 g/mol. The fraction of sp³-hybridized carbons (Fsp3) is 0.533. The topological polar surface area (TPSA) is 23.6 Å². The van der Waals surface area contributed by atoms with Crippen LogP contribution in [-0.2, 0) is 4.79 Å². The van der Waals surface area contributed by atoms with E-state index in [0.717, 1.165) is 43.3 Å². The number of carbonyl (C=O) groups excluding carboxylic acids is 1. The zero-order chi connectivity index (χ0) is 13.8. The lowest BCUT2D eigenvalue weighted by Crippen LogP contribution is -2.48. The third-order valence-corrected chi connectivity index (χ3v) is 3.71. The fourth-order valence-corrected chi connectivity index (χ4v) is 2.77. The van der Waals surface area contributed by atoms with Crippen molar-refractivity contribution in [2.24, 2.45) is 0 Å². The van der Waals surface area contributed by atoms with Crippen molar-refractivity contribution in [1.29, 1.82) is 0 Å². The highest BCUT2D eigenvalue weighted by Crippen LogP contribution is 2.23. The molecule has 104 valence electrons. The van der Waals surface area contributed by atoms with E-state index in [-0.39, 0.29) is 5.91 Å². The lowest BCUT2D eigenvalue weighted by Gasteiger charge is -2.36. The van der Waals surface area contributed by atoms with E-state index in [1.54, 1.807) is 0 Å². The van der Waals surface area contributed by atoms with Crippen molar-refractivity contribution < 1.29 is 4.79 Å². The summed E-state index contributed by atoms with van der Waals surface area (Å²) in [4.78, 5) is 16.1. The molecule has 0 aromatic heterocycles. The standard InChI is InChI=1S/C15H21ClN2O/c1-3-4-15(19)18-7-5-17(6-8-18)14-10-12(2)9-13(16)11-14/h9-11H,3-8H2,1-2H3. The Hall–Kier alpha value is -1.22. The number of benzene rings is 1. The van der Waals surface area contributed by atoms with E-state index >= 15 is 0 Å². The Morgan fingerprint density at radius 3 is 2.47 bits per heavy atom. The summed E-state index contributed by atoms with van der Waals surface area (Å²) in [7, 11) is 0. The van der Waals surface area contributed by atoms with Gasteiger partial charge in [-0.15, -0.1) is 0 Å². The predicted molar refractivity (Wildman–Crippen MR) is 79.9 cm³/mol. The Balaban J connectivity index is 1.97. The second kappa shape index (κ2) is 6.29. The average molecular weight is 281 g/mol. The molecule has 2 rings (SSSR count). The maximum absolute atomic E-state index is 11.8. The van der Waals surface area contributed by atoms with Crippen molar-refractivity contribution in [3.8, 4) is 0 Å². The summed E-state index contributed by atoms with van der Waals surface area (Å²) >= 11 is 6.10. The van der Waals surface area contributed by atoms with Gasteiger partial charge in [0.25, 0.3) is 0 Å². The van der Waals surface area contributed by atoms with Crippen molar-refractivity contribution in [3.05, 3.63) is 28.8 Å². The van der Waals surface area contributed by atoms with Gasteiger partial charge in [-0.25, -0.2) is 0 Å². The summed E-state index contributed by atoms with van der Waals surface area (Å²) in [5.41, 5.74) is 2.33. The van der Waals surface area contributed by atoms with Crippen molar-refractivity contribution >= 4 is 23.2 Å². The SMILES string of the molecule is CCCC(=O)N1CCN(c2cc(C)cc(Cl)c2)CC1. The largest absolute Gasteiger partial charge is 0.368 e. The van der Waals surface area contributed by atoms with Crippen LogP contribution in [0.1, 0.15) is 25.3 Å². The maximum Gasteiger partial charge on any atom is 0.222 e. The first-order chi connectivity index (χ1) is 9.10. The Morgan fingerprint density at radius 2 is 1.89 bits per heavy atom. The van der Waals surface area contributed by atoms with Crippen LogP contribution in [0.2, 0.25) is 5.02 Å². The van der Waals surface area contributed by atoms with Gasteiger partial charge >= 0.3 is 0 Å². The number of aryl methyl sites for hydroxylation is 1. The van der Waals surface area contributed by atoms with Crippen LogP contribution >= 0.6 is 11.6 Å². The third kappa shape index (κ3) is 3.63. The highest BCUT2D eigenvalue weighted by atomic mass is 35.5. The lowest BCUT2D eigenvalue weighted by atomic mass is 10.2. The molecule has 0 saturated carbocycles. The first-order valence-electron chi connectivity index (χ1n) is 6.90. The summed E-state index contributed by atoms with van der Waals surface area (Å²) in [6, 6.07) is 6.11. The van der Waals surface area contributed by atoms with Crippen LogP contribution in [0, 0.1) is 6.92 Å². The van der Waals surface area contributed by atoms with E-state index in [9.17, 15) is 4.79 Å². The number of amides is 1. The van der Waals surface area contributed by atoms with Gasteiger partial charge in [-0.05, 0) is 37.1 Å². The van der Waals surface area contributed by atoms with E-state index in [1.807, 2.05) is 24.0 Å². The van der Waals surface area contributed by atoms with Crippen LogP contribution in [0.4, 0.5) is 5.69 Å². The van der Waals surface area contributed by atoms with Crippen LogP contribution in [-0.4, -0.2) is 37.0 Å². The molecule has 4 heteroatoms. The van der Waals surface area contributed by atoms with Gasteiger partial charge in [-0.2, -0.15) is 0 Å². The Kier molecular flexibility index (Phi) is 4.70. The minimum atomic E-state index is 0.282. The van der Waals surface area contributed by atoms with Crippen molar-refractivity contribution in [2.75, 3.05) is 31.1 Å². The summed E-state index contributed by atoms with van der Waals surface area (Å²) < 4.78 is 0. The van der Waals surface area contributed by atoms with Crippen molar-refractivity contribution in [3.63, 3.8) is 0 Å². The molecular weight excluding hydrogens is 260 g/mol. The third-order valence-electron chi connectivity index (χ3n) is 3.49. The fourth-order valence-electron chi connectivity index (χ4n) is 2.49. The molecule has 3 nitrogen and oxygen atoms in total.